The van der Waals surface area contributed by atoms with Gasteiger partial charge in [-0.1, -0.05) is 48.5 Å². The van der Waals surface area contributed by atoms with Gasteiger partial charge in [0, 0.05) is 25.0 Å². The largest absolute Gasteiger partial charge is 0.365 e. The Morgan fingerprint density at radius 3 is 2.04 bits per heavy atom. The second kappa shape index (κ2) is 7.70. The molecule has 5 rings (SSSR count). The molecule has 2 aromatic rings. The predicted molar refractivity (Wildman–Crippen MR) is 110 cm³/mol. The molecule has 2 aromatic carbocycles. The van der Waals surface area contributed by atoms with Crippen LogP contribution in [0.15, 0.2) is 48.5 Å². The number of piperidine rings is 1. The van der Waals surface area contributed by atoms with Gasteiger partial charge in [0.15, 0.2) is 0 Å². The molecule has 3 heteroatoms. The van der Waals surface area contributed by atoms with Gasteiger partial charge in [-0.3, -0.25) is 4.90 Å². The van der Waals surface area contributed by atoms with Crippen LogP contribution in [0, 0.1) is 11.3 Å². The van der Waals surface area contributed by atoms with Gasteiger partial charge in [0.2, 0.25) is 0 Å². The Bertz CT molecular complexity index is 825. The SMILES string of the molecule is N#CCCN1[C@@H]2CC[C@H]1CC(OC1c3ccccc3CCc3ccccc31)C2. The summed E-state index contributed by atoms with van der Waals surface area (Å²) in [7, 11) is 0. The Kier molecular flexibility index (Phi) is 4.93. The van der Waals surface area contributed by atoms with Crippen LogP contribution in [0.3, 0.4) is 0 Å². The Morgan fingerprint density at radius 2 is 1.46 bits per heavy atom. The summed E-state index contributed by atoms with van der Waals surface area (Å²) in [5.41, 5.74) is 5.56. The molecule has 3 aliphatic rings. The van der Waals surface area contributed by atoms with Gasteiger partial charge in [0.05, 0.1) is 12.2 Å². The van der Waals surface area contributed by atoms with E-state index in [1.165, 1.54) is 35.1 Å². The van der Waals surface area contributed by atoms with Crippen LogP contribution < -0.4 is 0 Å². The fourth-order valence-corrected chi connectivity index (χ4v) is 5.69. The number of rotatable bonds is 4. The van der Waals surface area contributed by atoms with Gasteiger partial charge in [0.25, 0.3) is 0 Å². The van der Waals surface area contributed by atoms with Gasteiger partial charge in [-0.05, 0) is 60.8 Å². The van der Waals surface area contributed by atoms with Crippen LogP contribution >= 0.6 is 0 Å². The molecule has 3 atom stereocenters. The number of hydrogen-bond donors (Lipinski definition) is 0. The lowest BCUT2D eigenvalue weighted by Gasteiger charge is -2.40. The first-order chi connectivity index (χ1) is 13.8. The van der Waals surface area contributed by atoms with Crippen molar-refractivity contribution in [2.45, 2.75) is 69.2 Å². The maximum Gasteiger partial charge on any atom is 0.108 e. The fraction of sp³-hybridized carbons (Fsp3) is 0.480. The van der Waals surface area contributed by atoms with E-state index in [2.05, 4.69) is 59.5 Å². The normalized spacial score (nSPS) is 26.9. The molecule has 0 amide bonds. The van der Waals surface area contributed by atoms with Crippen LogP contribution in [0.25, 0.3) is 0 Å². The second-order valence-corrected chi connectivity index (χ2v) is 8.54. The number of nitriles is 1. The minimum Gasteiger partial charge on any atom is -0.365 e. The van der Waals surface area contributed by atoms with E-state index in [4.69, 9.17) is 10.00 Å². The summed E-state index contributed by atoms with van der Waals surface area (Å²) in [4.78, 5) is 2.58. The lowest BCUT2D eigenvalue weighted by molar-refractivity contribution is -0.0478. The molecule has 2 heterocycles. The van der Waals surface area contributed by atoms with Crippen molar-refractivity contribution in [2.75, 3.05) is 6.54 Å². The number of fused-ring (bicyclic) bond motifs is 4. The zero-order chi connectivity index (χ0) is 18.9. The average Bonchev–Trinajstić information content (AvgIpc) is 2.90. The van der Waals surface area contributed by atoms with E-state index in [9.17, 15) is 0 Å². The lowest BCUT2D eigenvalue weighted by Crippen LogP contribution is -2.46. The van der Waals surface area contributed by atoms with Gasteiger partial charge < -0.3 is 4.74 Å². The van der Waals surface area contributed by atoms with Crippen molar-refractivity contribution in [3.05, 3.63) is 70.8 Å². The first-order valence-corrected chi connectivity index (χ1v) is 10.8. The molecule has 28 heavy (non-hydrogen) atoms. The van der Waals surface area contributed by atoms with E-state index in [0.29, 0.717) is 24.6 Å². The van der Waals surface area contributed by atoms with Crippen molar-refractivity contribution < 1.29 is 4.74 Å². The molecule has 144 valence electrons. The third-order valence-corrected chi connectivity index (χ3v) is 6.99. The number of hydrogen-bond acceptors (Lipinski definition) is 3. The molecule has 0 radical (unpaired) electrons. The highest BCUT2D eigenvalue weighted by Gasteiger charge is 2.41. The van der Waals surface area contributed by atoms with Crippen molar-refractivity contribution in [1.29, 1.82) is 5.26 Å². The lowest BCUT2D eigenvalue weighted by atomic mass is 9.95. The fourth-order valence-electron chi connectivity index (χ4n) is 5.69. The van der Waals surface area contributed by atoms with Crippen LogP contribution in [0.5, 0.6) is 0 Å². The summed E-state index contributed by atoms with van der Waals surface area (Å²) in [6.45, 7) is 0.924. The van der Waals surface area contributed by atoms with E-state index in [1.54, 1.807) is 0 Å². The first-order valence-electron chi connectivity index (χ1n) is 10.8. The van der Waals surface area contributed by atoms with Gasteiger partial charge in [-0.15, -0.1) is 0 Å². The van der Waals surface area contributed by atoms with Crippen molar-refractivity contribution in [2.24, 2.45) is 0 Å². The van der Waals surface area contributed by atoms with Crippen molar-refractivity contribution in [3.63, 3.8) is 0 Å². The minimum atomic E-state index is 0.0463. The summed E-state index contributed by atoms with van der Waals surface area (Å²) in [6, 6.07) is 21.2. The molecule has 0 N–H and O–H groups in total. The van der Waals surface area contributed by atoms with Crippen molar-refractivity contribution in [3.8, 4) is 6.07 Å². The molecular weight excluding hydrogens is 344 g/mol. The Balaban J connectivity index is 1.41. The van der Waals surface area contributed by atoms with E-state index < -0.39 is 0 Å². The zero-order valence-electron chi connectivity index (χ0n) is 16.4. The van der Waals surface area contributed by atoms with E-state index in [1.807, 2.05) is 0 Å². The molecule has 0 aromatic heterocycles. The quantitative estimate of drug-likeness (QED) is 0.773. The van der Waals surface area contributed by atoms with Crippen LogP contribution in [0.4, 0.5) is 0 Å². The zero-order valence-corrected chi connectivity index (χ0v) is 16.4. The van der Waals surface area contributed by atoms with Crippen molar-refractivity contribution >= 4 is 0 Å². The molecule has 0 saturated carbocycles. The van der Waals surface area contributed by atoms with Crippen LogP contribution in [0.1, 0.15) is 60.5 Å². The smallest absolute Gasteiger partial charge is 0.108 e. The summed E-state index contributed by atoms with van der Waals surface area (Å²) in [6.07, 6.45) is 7.88. The Morgan fingerprint density at radius 1 is 0.893 bits per heavy atom. The van der Waals surface area contributed by atoms with Gasteiger partial charge >= 0.3 is 0 Å². The van der Waals surface area contributed by atoms with E-state index in [-0.39, 0.29) is 6.10 Å². The monoisotopic (exact) mass is 372 g/mol. The van der Waals surface area contributed by atoms with Gasteiger partial charge in [-0.2, -0.15) is 5.26 Å². The standard InChI is InChI=1S/C25H28N2O/c26-14-5-15-27-20-12-13-21(27)17-22(16-20)28-25-23-8-3-1-6-18(23)10-11-19-7-2-4-9-24(19)25/h1-4,6-9,20-22,25H,5,10-13,15-17H2/t20-,21+,22?. The average molecular weight is 373 g/mol. The van der Waals surface area contributed by atoms with Gasteiger partial charge in [-0.25, -0.2) is 0 Å². The molecule has 1 unspecified atom stereocenters. The summed E-state index contributed by atoms with van der Waals surface area (Å²) in [5, 5.41) is 8.97. The van der Waals surface area contributed by atoms with Crippen molar-refractivity contribution in [1.82, 2.24) is 4.90 Å². The summed E-state index contributed by atoms with van der Waals surface area (Å²) >= 11 is 0. The number of nitrogens with zero attached hydrogens (tertiary/aromatic N) is 2. The highest BCUT2D eigenvalue weighted by Crippen LogP contribution is 2.41. The third kappa shape index (κ3) is 3.26. The molecule has 3 nitrogen and oxygen atoms in total. The maximum absolute atomic E-state index is 8.97. The van der Waals surface area contributed by atoms with Crippen LogP contribution in [0.2, 0.25) is 0 Å². The molecule has 2 bridgehead atoms. The topological polar surface area (TPSA) is 36.3 Å². The highest BCUT2D eigenvalue weighted by atomic mass is 16.5. The molecular formula is C25H28N2O. The molecule has 1 aliphatic carbocycles. The van der Waals surface area contributed by atoms with Crippen LogP contribution in [-0.4, -0.2) is 29.6 Å². The molecule has 2 fully saturated rings. The third-order valence-electron chi connectivity index (χ3n) is 6.99. The van der Waals surface area contributed by atoms with E-state index in [0.717, 1.165) is 32.2 Å². The highest BCUT2D eigenvalue weighted by molar-refractivity contribution is 5.43. The maximum atomic E-state index is 8.97. The minimum absolute atomic E-state index is 0.0463. The van der Waals surface area contributed by atoms with Gasteiger partial charge in [0.1, 0.15) is 6.10 Å². The number of ether oxygens (including phenoxy) is 1. The van der Waals surface area contributed by atoms with Crippen LogP contribution in [-0.2, 0) is 17.6 Å². The number of aryl methyl sites for hydroxylation is 2. The summed E-state index contributed by atoms with van der Waals surface area (Å²) in [5.74, 6) is 0. The Labute approximate surface area is 167 Å². The van der Waals surface area contributed by atoms with E-state index >= 15 is 0 Å². The number of benzene rings is 2. The Hall–Kier alpha value is -2.15. The molecule has 0 spiro atoms. The first kappa shape index (κ1) is 17.9. The molecule has 2 saturated heterocycles. The molecule has 2 aliphatic heterocycles. The summed E-state index contributed by atoms with van der Waals surface area (Å²) < 4.78 is 6.91. The second-order valence-electron chi connectivity index (χ2n) is 8.54. The predicted octanol–water partition coefficient (Wildman–Crippen LogP) is 4.80.